The Bertz CT molecular complexity index is 337. The Morgan fingerprint density at radius 3 is 2.50 bits per heavy atom. The number of aldehydes is 1. The molecule has 1 aromatic rings. The number of hydrogen-bond donors (Lipinski definition) is 0. The summed E-state index contributed by atoms with van der Waals surface area (Å²) in [5, 5.41) is 0. The van der Waals surface area contributed by atoms with Crippen LogP contribution in [0.2, 0.25) is 0 Å². The fourth-order valence-corrected chi connectivity index (χ4v) is 1.52. The average molecular weight is 190 g/mol. The van der Waals surface area contributed by atoms with E-state index in [1.165, 1.54) is 16.7 Å². The molecule has 0 unspecified atom stereocenters. The fourth-order valence-electron chi connectivity index (χ4n) is 1.52. The minimum Gasteiger partial charge on any atom is -0.303 e. The summed E-state index contributed by atoms with van der Waals surface area (Å²) in [6.07, 6.45) is 1.86. The van der Waals surface area contributed by atoms with Gasteiger partial charge in [0.25, 0.3) is 0 Å². The third-order valence-electron chi connectivity index (χ3n) is 2.47. The van der Waals surface area contributed by atoms with Crippen molar-refractivity contribution in [2.45, 2.75) is 34.1 Å². The van der Waals surface area contributed by atoms with E-state index >= 15 is 0 Å². The first-order valence-electron chi connectivity index (χ1n) is 4.97. The Labute approximate surface area is 86.1 Å². The molecular weight excluding hydrogens is 172 g/mol. The fraction of sp³-hybridized carbons (Fsp3) is 0.462. The smallest absolute Gasteiger partial charge is 0.125 e. The van der Waals surface area contributed by atoms with Crippen molar-refractivity contribution in [1.29, 1.82) is 0 Å². The van der Waals surface area contributed by atoms with Crippen molar-refractivity contribution < 1.29 is 4.79 Å². The Kier molecular flexibility index (Phi) is 3.10. The molecule has 0 aromatic heterocycles. The Morgan fingerprint density at radius 2 is 1.93 bits per heavy atom. The van der Waals surface area contributed by atoms with Crippen LogP contribution in [0.5, 0.6) is 0 Å². The number of hydrogen-bond acceptors (Lipinski definition) is 1. The molecule has 0 saturated heterocycles. The van der Waals surface area contributed by atoms with Gasteiger partial charge in [-0.2, -0.15) is 0 Å². The molecule has 0 N–H and O–H groups in total. The minimum absolute atomic E-state index is 0.251. The van der Waals surface area contributed by atoms with E-state index in [-0.39, 0.29) is 5.41 Å². The highest BCUT2D eigenvalue weighted by Gasteiger charge is 2.18. The highest BCUT2D eigenvalue weighted by molar-refractivity contribution is 5.59. The van der Waals surface area contributed by atoms with Gasteiger partial charge in [-0.1, -0.05) is 37.6 Å². The van der Waals surface area contributed by atoms with Crippen LogP contribution >= 0.6 is 0 Å². The van der Waals surface area contributed by atoms with E-state index in [1.807, 2.05) is 13.8 Å². The molecule has 0 spiro atoms. The molecular formula is C13H18O. The highest BCUT2D eigenvalue weighted by Crippen LogP contribution is 2.22. The molecule has 0 aliphatic heterocycles. The molecule has 14 heavy (non-hydrogen) atoms. The average Bonchev–Trinajstić information content (AvgIpc) is 2.11. The standard InChI is InChI=1S/C13H18O/c1-10-5-6-11(2)12(7-10)8-13(3,4)9-14/h5-7,9H,8H2,1-4H3. The third-order valence-corrected chi connectivity index (χ3v) is 2.47. The van der Waals surface area contributed by atoms with Crippen LogP contribution in [0.15, 0.2) is 18.2 Å². The second-order valence-electron chi connectivity index (χ2n) is 4.71. The van der Waals surface area contributed by atoms with Crippen LogP contribution in [0.4, 0.5) is 0 Å². The van der Waals surface area contributed by atoms with Crippen LogP contribution in [-0.4, -0.2) is 6.29 Å². The van der Waals surface area contributed by atoms with Crippen molar-refractivity contribution in [2.75, 3.05) is 0 Å². The second-order valence-corrected chi connectivity index (χ2v) is 4.71. The molecule has 0 aliphatic carbocycles. The summed E-state index contributed by atoms with van der Waals surface area (Å²) in [7, 11) is 0. The van der Waals surface area contributed by atoms with E-state index in [0.717, 1.165) is 12.7 Å². The summed E-state index contributed by atoms with van der Waals surface area (Å²) < 4.78 is 0. The lowest BCUT2D eigenvalue weighted by Gasteiger charge is -2.18. The van der Waals surface area contributed by atoms with Gasteiger partial charge in [0.05, 0.1) is 0 Å². The zero-order valence-corrected chi connectivity index (χ0v) is 9.42. The van der Waals surface area contributed by atoms with Gasteiger partial charge in [-0.05, 0) is 31.4 Å². The summed E-state index contributed by atoms with van der Waals surface area (Å²) in [4.78, 5) is 10.8. The number of aryl methyl sites for hydroxylation is 2. The Hall–Kier alpha value is -1.11. The van der Waals surface area contributed by atoms with Crippen LogP contribution in [0.1, 0.15) is 30.5 Å². The lowest BCUT2D eigenvalue weighted by molar-refractivity contribution is -0.114. The molecule has 1 rings (SSSR count). The second kappa shape index (κ2) is 3.95. The predicted octanol–water partition coefficient (Wildman–Crippen LogP) is 3.07. The Morgan fingerprint density at radius 1 is 1.29 bits per heavy atom. The van der Waals surface area contributed by atoms with Crippen molar-refractivity contribution in [3.8, 4) is 0 Å². The van der Waals surface area contributed by atoms with E-state index < -0.39 is 0 Å². The zero-order chi connectivity index (χ0) is 10.8. The van der Waals surface area contributed by atoms with E-state index in [9.17, 15) is 4.79 Å². The van der Waals surface area contributed by atoms with Gasteiger partial charge < -0.3 is 4.79 Å². The van der Waals surface area contributed by atoms with Gasteiger partial charge in [-0.25, -0.2) is 0 Å². The molecule has 0 heterocycles. The molecule has 76 valence electrons. The molecule has 1 heteroatoms. The van der Waals surface area contributed by atoms with Gasteiger partial charge in [0.2, 0.25) is 0 Å². The van der Waals surface area contributed by atoms with Gasteiger partial charge >= 0.3 is 0 Å². The topological polar surface area (TPSA) is 17.1 Å². The summed E-state index contributed by atoms with van der Waals surface area (Å²) >= 11 is 0. The summed E-state index contributed by atoms with van der Waals surface area (Å²) in [5.74, 6) is 0. The van der Waals surface area contributed by atoms with Crippen LogP contribution < -0.4 is 0 Å². The molecule has 0 fully saturated rings. The first-order valence-corrected chi connectivity index (χ1v) is 4.97. The summed E-state index contributed by atoms with van der Waals surface area (Å²) in [5.41, 5.74) is 3.55. The monoisotopic (exact) mass is 190 g/mol. The third kappa shape index (κ3) is 2.69. The number of carbonyl (C=O) groups excluding carboxylic acids is 1. The lowest BCUT2D eigenvalue weighted by Crippen LogP contribution is -2.17. The van der Waals surface area contributed by atoms with E-state index in [2.05, 4.69) is 32.0 Å². The first-order chi connectivity index (χ1) is 6.44. The van der Waals surface area contributed by atoms with E-state index in [1.54, 1.807) is 0 Å². The Balaban J connectivity index is 2.96. The lowest BCUT2D eigenvalue weighted by atomic mass is 9.85. The minimum atomic E-state index is -0.251. The molecule has 0 amide bonds. The molecule has 0 saturated carbocycles. The van der Waals surface area contributed by atoms with Crippen molar-refractivity contribution in [3.05, 3.63) is 34.9 Å². The predicted molar refractivity (Wildman–Crippen MR) is 59.5 cm³/mol. The normalized spacial score (nSPS) is 11.4. The van der Waals surface area contributed by atoms with Gasteiger partial charge in [-0.15, -0.1) is 0 Å². The van der Waals surface area contributed by atoms with E-state index in [4.69, 9.17) is 0 Å². The maximum absolute atomic E-state index is 10.8. The van der Waals surface area contributed by atoms with Crippen LogP contribution in [-0.2, 0) is 11.2 Å². The number of benzene rings is 1. The SMILES string of the molecule is Cc1ccc(C)c(CC(C)(C)C=O)c1. The van der Waals surface area contributed by atoms with Crippen LogP contribution in [0, 0.1) is 19.3 Å². The number of rotatable bonds is 3. The molecule has 0 aliphatic rings. The van der Waals surface area contributed by atoms with Gasteiger partial charge in [0, 0.05) is 5.41 Å². The van der Waals surface area contributed by atoms with Crippen LogP contribution in [0.25, 0.3) is 0 Å². The zero-order valence-electron chi connectivity index (χ0n) is 9.42. The summed E-state index contributed by atoms with van der Waals surface area (Å²) in [6.45, 7) is 8.12. The molecule has 1 aromatic carbocycles. The van der Waals surface area contributed by atoms with Gasteiger partial charge in [0.15, 0.2) is 0 Å². The molecule has 1 nitrogen and oxygen atoms in total. The highest BCUT2D eigenvalue weighted by atomic mass is 16.1. The van der Waals surface area contributed by atoms with Gasteiger partial charge in [0.1, 0.15) is 6.29 Å². The largest absolute Gasteiger partial charge is 0.303 e. The van der Waals surface area contributed by atoms with Crippen molar-refractivity contribution in [3.63, 3.8) is 0 Å². The van der Waals surface area contributed by atoms with Gasteiger partial charge in [-0.3, -0.25) is 0 Å². The number of carbonyl (C=O) groups is 1. The van der Waals surface area contributed by atoms with E-state index in [0.29, 0.717) is 0 Å². The van der Waals surface area contributed by atoms with Crippen LogP contribution in [0.3, 0.4) is 0 Å². The molecule has 0 radical (unpaired) electrons. The van der Waals surface area contributed by atoms with Crippen molar-refractivity contribution >= 4 is 6.29 Å². The maximum Gasteiger partial charge on any atom is 0.125 e. The molecule has 0 atom stereocenters. The van der Waals surface area contributed by atoms with Crippen molar-refractivity contribution in [1.82, 2.24) is 0 Å². The first kappa shape index (κ1) is 11.0. The maximum atomic E-state index is 10.8. The summed E-state index contributed by atoms with van der Waals surface area (Å²) in [6, 6.07) is 6.39. The molecule has 0 bridgehead atoms. The quantitative estimate of drug-likeness (QED) is 0.669. The van der Waals surface area contributed by atoms with Crippen molar-refractivity contribution in [2.24, 2.45) is 5.41 Å².